The van der Waals surface area contributed by atoms with E-state index >= 15 is 0 Å². The van der Waals surface area contributed by atoms with Crippen LogP contribution in [0.3, 0.4) is 0 Å². The van der Waals surface area contributed by atoms with Crippen molar-refractivity contribution >= 4 is 21.8 Å². The van der Waals surface area contributed by atoms with Crippen LogP contribution in [0.25, 0.3) is 0 Å². The first-order chi connectivity index (χ1) is 11.9. The number of hydrogen-bond acceptors (Lipinski definition) is 6. The molecule has 1 aromatic carbocycles. The average Bonchev–Trinajstić information content (AvgIpc) is 3.14. The maximum absolute atomic E-state index is 11.9. The first-order valence-corrected chi connectivity index (χ1v) is 8.73. The summed E-state index contributed by atoms with van der Waals surface area (Å²) in [5.41, 5.74) is 0.452. The third kappa shape index (κ3) is 5.00. The van der Waals surface area contributed by atoms with Crippen molar-refractivity contribution in [3.05, 3.63) is 53.9 Å². The predicted molar refractivity (Wildman–Crippen MR) is 87.3 cm³/mol. The third-order valence-electron chi connectivity index (χ3n) is 3.16. The molecule has 130 valence electrons. The van der Waals surface area contributed by atoms with Gasteiger partial charge in [-0.1, -0.05) is 0 Å². The number of rotatable bonds is 8. The average molecular weight is 361 g/mol. The number of aromatic amines is 1. The maximum atomic E-state index is 11.9. The zero-order valence-corrected chi connectivity index (χ0v) is 13.9. The fraction of sp³-hybridized carbons (Fsp3) is 0.188. The Balaban J connectivity index is 1.96. The van der Waals surface area contributed by atoms with Gasteiger partial charge in [0.05, 0.1) is 22.2 Å². The number of esters is 1. The lowest BCUT2D eigenvalue weighted by molar-refractivity contribution is 0.0473. The molecule has 1 heterocycles. The number of Topliss-reactive ketones (excluding diaryl/α,β-unsaturated/α-hetero) is 1. The molecule has 2 aromatic rings. The minimum Gasteiger partial charge on any atom is -0.454 e. The van der Waals surface area contributed by atoms with Crippen molar-refractivity contribution in [1.29, 1.82) is 5.26 Å². The molecule has 2 rings (SSSR count). The number of sulfonamides is 1. The molecule has 0 atom stereocenters. The maximum Gasteiger partial charge on any atom is 0.338 e. The lowest BCUT2D eigenvalue weighted by atomic mass is 10.2. The van der Waals surface area contributed by atoms with Crippen molar-refractivity contribution in [2.45, 2.75) is 11.3 Å². The van der Waals surface area contributed by atoms with Gasteiger partial charge in [-0.2, -0.15) is 5.26 Å². The summed E-state index contributed by atoms with van der Waals surface area (Å²) < 4.78 is 31.1. The van der Waals surface area contributed by atoms with Crippen molar-refractivity contribution in [2.75, 3.05) is 13.2 Å². The number of hydrogen-bond donors (Lipinski definition) is 2. The standard InChI is InChI=1S/C16H15N3O5S/c17-8-2-10-19-25(22,23)13-6-4-12(5-7-13)16(21)24-11-15(20)14-3-1-9-18-14/h1,3-7,9,18-19H,2,10-11H2. The van der Waals surface area contributed by atoms with Crippen LogP contribution in [0.4, 0.5) is 0 Å². The van der Waals surface area contributed by atoms with Crippen LogP contribution < -0.4 is 4.72 Å². The van der Waals surface area contributed by atoms with Crippen LogP contribution in [0.5, 0.6) is 0 Å². The van der Waals surface area contributed by atoms with Gasteiger partial charge in [-0.05, 0) is 36.4 Å². The van der Waals surface area contributed by atoms with Crippen molar-refractivity contribution in [1.82, 2.24) is 9.71 Å². The molecule has 8 nitrogen and oxygen atoms in total. The fourth-order valence-corrected chi connectivity index (χ4v) is 2.92. The van der Waals surface area contributed by atoms with Gasteiger partial charge in [-0.25, -0.2) is 17.9 Å². The minimum absolute atomic E-state index is 0.00345. The molecule has 0 fully saturated rings. The summed E-state index contributed by atoms with van der Waals surface area (Å²) in [7, 11) is -3.74. The summed E-state index contributed by atoms with van der Waals surface area (Å²) in [5.74, 6) is -1.11. The first-order valence-electron chi connectivity index (χ1n) is 7.24. The van der Waals surface area contributed by atoms with Crippen molar-refractivity contribution in [2.24, 2.45) is 0 Å². The van der Waals surface area contributed by atoms with E-state index in [9.17, 15) is 18.0 Å². The Labute approximate surface area is 144 Å². The van der Waals surface area contributed by atoms with Gasteiger partial charge in [0.1, 0.15) is 0 Å². The number of H-pyrrole nitrogens is 1. The molecule has 0 unspecified atom stereocenters. The zero-order valence-electron chi connectivity index (χ0n) is 13.1. The van der Waals surface area contributed by atoms with Gasteiger partial charge in [0.25, 0.3) is 0 Å². The van der Waals surface area contributed by atoms with Crippen molar-refractivity contribution < 1.29 is 22.7 Å². The molecule has 0 radical (unpaired) electrons. The summed E-state index contributed by atoms with van der Waals surface area (Å²) in [5, 5.41) is 8.42. The van der Waals surface area contributed by atoms with Crippen LogP contribution in [-0.2, 0) is 14.8 Å². The summed E-state index contributed by atoms with van der Waals surface area (Å²) in [6, 6.07) is 10.1. The van der Waals surface area contributed by atoms with Crippen LogP contribution in [0.1, 0.15) is 27.3 Å². The molecule has 0 aliphatic rings. The van der Waals surface area contributed by atoms with Gasteiger partial charge >= 0.3 is 5.97 Å². The highest BCUT2D eigenvalue weighted by molar-refractivity contribution is 7.89. The van der Waals surface area contributed by atoms with Crippen molar-refractivity contribution in [3.8, 4) is 6.07 Å². The SMILES string of the molecule is N#CCCNS(=O)(=O)c1ccc(C(=O)OCC(=O)c2ccc[nH]2)cc1. The van der Waals surface area contributed by atoms with E-state index in [1.807, 2.05) is 6.07 Å². The molecule has 9 heteroatoms. The van der Waals surface area contributed by atoms with E-state index in [0.717, 1.165) is 0 Å². The fourth-order valence-electron chi connectivity index (χ4n) is 1.89. The Morgan fingerprint density at radius 3 is 2.52 bits per heavy atom. The second-order valence-electron chi connectivity index (χ2n) is 4.91. The molecular weight excluding hydrogens is 346 g/mol. The molecule has 25 heavy (non-hydrogen) atoms. The molecule has 0 aliphatic heterocycles. The van der Waals surface area contributed by atoms with Gasteiger partial charge in [-0.15, -0.1) is 0 Å². The Morgan fingerprint density at radius 1 is 1.20 bits per heavy atom. The smallest absolute Gasteiger partial charge is 0.338 e. The summed E-state index contributed by atoms with van der Waals surface area (Å²) in [6.45, 7) is -0.418. The lowest BCUT2D eigenvalue weighted by Crippen LogP contribution is -2.24. The highest BCUT2D eigenvalue weighted by atomic mass is 32.2. The Kier molecular flexibility index (Phi) is 6.05. The molecule has 0 bridgehead atoms. The van der Waals surface area contributed by atoms with Crippen molar-refractivity contribution in [3.63, 3.8) is 0 Å². The molecule has 0 saturated heterocycles. The van der Waals surface area contributed by atoms with Crippen LogP contribution >= 0.6 is 0 Å². The van der Waals surface area contributed by atoms with Crippen LogP contribution in [-0.4, -0.2) is 38.3 Å². The number of nitrogens with one attached hydrogen (secondary N) is 2. The predicted octanol–water partition coefficient (Wildman–Crippen LogP) is 1.25. The van der Waals surface area contributed by atoms with E-state index in [2.05, 4.69) is 9.71 Å². The van der Waals surface area contributed by atoms with Crippen LogP contribution in [0, 0.1) is 11.3 Å². The normalized spacial score (nSPS) is 10.8. The number of carbonyl (C=O) groups excluding carboxylic acids is 2. The molecule has 2 N–H and O–H groups in total. The molecule has 1 aromatic heterocycles. The molecule has 0 spiro atoms. The van der Waals surface area contributed by atoms with E-state index in [0.29, 0.717) is 5.69 Å². The number of ketones is 1. The molecule has 0 saturated carbocycles. The van der Waals surface area contributed by atoms with E-state index in [-0.39, 0.29) is 29.2 Å². The molecular formula is C16H15N3O5S. The lowest BCUT2D eigenvalue weighted by Gasteiger charge is -2.07. The number of nitrogens with zero attached hydrogens (tertiary/aromatic N) is 1. The Bertz CT molecular complexity index is 881. The van der Waals surface area contributed by atoms with Crippen LogP contribution in [0.15, 0.2) is 47.5 Å². The second kappa shape index (κ2) is 8.23. The number of carbonyl (C=O) groups is 2. The van der Waals surface area contributed by atoms with Gasteiger partial charge in [-0.3, -0.25) is 4.79 Å². The topological polar surface area (TPSA) is 129 Å². The summed E-state index contributed by atoms with van der Waals surface area (Å²) in [6.07, 6.45) is 1.64. The highest BCUT2D eigenvalue weighted by Crippen LogP contribution is 2.11. The quantitative estimate of drug-likeness (QED) is 0.413. The minimum atomic E-state index is -3.74. The number of aromatic nitrogens is 1. The zero-order chi connectivity index (χ0) is 18.3. The summed E-state index contributed by atoms with van der Waals surface area (Å²) >= 11 is 0. The Hall–Kier alpha value is -2.96. The van der Waals surface area contributed by atoms with E-state index in [1.165, 1.54) is 24.3 Å². The van der Waals surface area contributed by atoms with E-state index in [4.69, 9.17) is 10.00 Å². The molecule has 0 amide bonds. The van der Waals surface area contributed by atoms with Gasteiger partial charge < -0.3 is 9.72 Å². The van der Waals surface area contributed by atoms with Gasteiger partial charge in [0.15, 0.2) is 6.61 Å². The number of benzene rings is 1. The van der Waals surface area contributed by atoms with E-state index in [1.54, 1.807) is 18.3 Å². The first kappa shape index (κ1) is 18.4. The van der Waals surface area contributed by atoms with Gasteiger partial charge in [0.2, 0.25) is 15.8 Å². The number of nitriles is 1. The molecule has 0 aliphatic carbocycles. The Morgan fingerprint density at radius 2 is 1.92 bits per heavy atom. The number of ether oxygens (including phenoxy) is 1. The van der Waals surface area contributed by atoms with E-state index < -0.39 is 22.6 Å². The largest absolute Gasteiger partial charge is 0.454 e. The monoisotopic (exact) mass is 361 g/mol. The highest BCUT2D eigenvalue weighted by Gasteiger charge is 2.16. The third-order valence-corrected chi connectivity index (χ3v) is 4.64. The van der Waals surface area contributed by atoms with Crippen LogP contribution in [0.2, 0.25) is 0 Å². The summed E-state index contributed by atoms with van der Waals surface area (Å²) in [4.78, 5) is 26.3. The second-order valence-corrected chi connectivity index (χ2v) is 6.68. The van der Waals surface area contributed by atoms with Gasteiger partial charge in [0, 0.05) is 19.2 Å².